The Labute approximate surface area is 158 Å². The highest BCUT2D eigenvalue weighted by Gasteiger charge is 2.45. The van der Waals surface area contributed by atoms with Crippen LogP contribution in [-0.2, 0) is 4.79 Å². The van der Waals surface area contributed by atoms with E-state index in [4.69, 9.17) is 9.90 Å². The number of carboxylic acids is 1. The molecule has 0 bridgehead atoms. The van der Waals surface area contributed by atoms with Crippen molar-refractivity contribution in [3.63, 3.8) is 0 Å². The number of nitrogens with zero attached hydrogens (tertiary/aromatic N) is 3. The molecule has 0 spiro atoms. The Hall–Kier alpha value is -3.16. The van der Waals surface area contributed by atoms with Gasteiger partial charge in [0.2, 0.25) is 5.82 Å². The van der Waals surface area contributed by atoms with Crippen molar-refractivity contribution >= 4 is 11.9 Å². The lowest BCUT2D eigenvalue weighted by Gasteiger charge is -2.18. The molecule has 1 aliphatic rings. The second kappa shape index (κ2) is 8.46. The van der Waals surface area contributed by atoms with Crippen molar-refractivity contribution in [2.45, 2.75) is 18.1 Å². The number of halogens is 6. The summed E-state index contributed by atoms with van der Waals surface area (Å²) in [4.78, 5) is 24.6. The van der Waals surface area contributed by atoms with Gasteiger partial charge >= 0.3 is 12.1 Å². The number of amides is 1. The zero-order valence-electron chi connectivity index (χ0n) is 14.3. The summed E-state index contributed by atoms with van der Waals surface area (Å²) >= 11 is 0. The number of aromatic nitrogens is 3. The highest BCUT2D eigenvalue weighted by atomic mass is 19.4. The van der Waals surface area contributed by atoms with Crippen LogP contribution in [-0.4, -0.2) is 63.0 Å². The van der Waals surface area contributed by atoms with Crippen LogP contribution in [0.15, 0.2) is 30.6 Å². The molecule has 8 nitrogen and oxygen atoms in total. The van der Waals surface area contributed by atoms with Crippen LogP contribution in [0.3, 0.4) is 0 Å². The van der Waals surface area contributed by atoms with Gasteiger partial charge in [-0.1, -0.05) is 6.07 Å². The van der Waals surface area contributed by atoms with E-state index in [2.05, 4.69) is 20.7 Å². The third-order valence-corrected chi connectivity index (χ3v) is 3.53. The predicted octanol–water partition coefficient (Wildman–Crippen LogP) is 1.38. The van der Waals surface area contributed by atoms with Crippen molar-refractivity contribution in [1.29, 1.82) is 0 Å². The van der Waals surface area contributed by atoms with E-state index in [0.717, 1.165) is 0 Å². The van der Waals surface area contributed by atoms with Gasteiger partial charge in [-0.05, 0) is 18.2 Å². The van der Waals surface area contributed by atoms with Gasteiger partial charge < -0.3 is 15.7 Å². The number of carbonyl (C=O) groups is 2. The maximum Gasteiger partial charge on any atom is 0.490 e. The van der Waals surface area contributed by atoms with Crippen molar-refractivity contribution in [3.05, 3.63) is 42.2 Å². The summed E-state index contributed by atoms with van der Waals surface area (Å²) in [5.41, 5.74) is 0.374. The lowest BCUT2D eigenvalue weighted by molar-refractivity contribution is -0.192. The number of rotatable bonds is 3. The number of nitrogens with one attached hydrogen (secondary N) is 2. The van der Waals surface area contributed by atoms with Gasteiger partial charge in [0.15, 0.2) is 0 Å². The molecule has 1 saturated heterocycles. The first kappa shape index (κ1) is 22.1. The monoisotopic (exact) mass is 425 g/mol. The van der Waals surface area contributed by atoms with E-state index in [1.54, 1.807) is 6.07 Å². The number of carbonyl (C=O) groups excluding carboxylic acids is 1. The fourth-order valence-electron chi connectivity index (χ4n) is 2.15. The van der Waals surface area contributed by atoms with Crippen LogP contribution in [0.1, 0.15) is 10.6 Å². The van der Waals surface area contributed by atoms with E-state index < -0.39 is 42.4 Å². The second-order valence-electron chi connectivity index (χ2n) is 5.71. The summed E-state index contributed by atoms with van der Waals surface area (Å²) in [5.74, 6) is -7.29. The van der Waals surface area contributed by atoms with E-state index in [0.29, 0.717) is 5.69 Å². The van der Waals surface area contributed by atoms with Crippen LogP contribution in [0.2, 0.25) is 0 Å². The smallest absolute Gasteiger partial charge is 0.475 e. The Kier molecular flexibility index (Phi) is 6.46. The summed E-state index contributed by atoms with van der Waals surface area (Å²) in [6.07, 6.45) is -3.87. The van der Waals surface area contributed by atoms with E-state index in [9.17, 15) is 31.1 Å². The van der Waals surface area contributed by atoms with Crippen LogP contribution in [0.4, 0.5) is 26.3 Å². The Bertz CT molecular complexity index is 885. The lowest BCUT2D eigenvalue weighted by Crippen LogP contribution is -2.47. The molecule has 158 valence electrons. The van der Waals surface area contributed by atoms with Crippen molar-refractivity contribution in [1.82, 2.24) is 25.4 Å². The molecule has 1 amide bonds. The van der Waals surface area contributed by atoms with Gasteiger partial charge in [0.25, 0.3) is 11.8 Å². The van der Waals surface area contributed by atoms with Crippen LogP contribution in [0, 0.1) is 5.82 Å². The van der Waals surface area contributed by atoms with Gasteiger partial charge in [-0.2, -0.15) is 13.2 Å². The summed E-state index contributed by atoms with van der Waals surface area (Å²) in [7, 11) is 0. The molecule has 3 N–H and O–H groups in total. The molecule has 0 saturated carbocycles. The van der Waals surface area contributed by atoms with Crippen molar-refractivity contribution < 1.29 is 41.0 Å². The second-order valence-corrected chi connectivity index (χ2v) is 5.71. The summed E-state index contributed by atoms with van der Waals surface area (Å²) < 4.78 is 72.9. The molecule has 0 aliphatic carbocycles. The lowest BCUT2D eigenvalue weighted by atomic mass is 10.2. The SMILES string of the molecule is O=C(NC1CNCC1(F)F)c1ncn(-c2cccc(F)c2)n1.O=C(O)C(F)(F)F. The number of benzene rings is 1. The molecule has 2 heterocycles. The molecular formula is C15H13F6N5O3. The molecule has 1 aromatic heterocycles. The van der Waals surface area contributed by atoms with Crippen LogP contribution >= 0.6 is 0 Å². The van der Waals surface area contributed by atoms with Crippen molar-refractivity contribution in [3.8, 4) is 5.69 Å². The maximum absolute atomic E-state index is 13.4. The van der Waals surface area contributed by atoms with E-state index in [-0.39, 0.29) is 12.4 Å². The fraction of sp³-hybridized carbons (Fsp3) is 0.333. The fourth-order valence-corrected chi connectivity index (χ4v) is 2.15. The number of aliphatic carboxylic acids is 1. The highest BCUT2D eigenvalue weighted by Crippen LogP contribution is 2.22. The van der Waals surface area contributed by atoms with Gasteiger partial charge in [-0.25, -0.2) is 27.6 Å². The molecular weight excluding hydrogens is 412 g/mol. The van der Waals surface area contributed by atoms with E-state index >= 15 is 0 Å². The van der Waals surface area contributed by atoms with Crippen LogP contribution < -0.4 is 10.6 Å². The molecule has 1 aliphatic heterocycles. The zero-order valence-corrected chi connectivity index (χ0v) is 14.3. The first-order valence-electron chi connectivity index (χ1n) is 7.77. The largest absolute Gasteiger partial charge is 0.490 e. The normalized spacial score (nSPS) is 17.9. The van der Waals surface area contributed by atoms with Gasteiger partial charge in [-0.15, -0.1) is 5.10 Å². The Morgan fingerprint density at radius 3 is 2.48 bits per heavy atom. The van der Waals surface area contributed by atoms with E-state index in [1.165, 1.54) is 29.2 Å². The van der Waals surface area contributed by atoms with Gasteiger partial charge in [-0.3, -0.25) is 4.79 Å². The third kappa shape index (κ3) is 5.91. The molecule has 1 unspecified atom stereocenters. The number of alkyl halides is 5. The molecule has 2 aromatic rings. The van der Waals surface area contributed by atoms with Crippen LogP contribution in [0.5, 0.6) is 0 Å². The minimum absolute atomic E-state index is 0.0245. The Morgan fingerprint density at radius 1 is 1.31 bits per heavy atom. The Morgan fingerprint density at radius 2 is 1.97 bits per heavy atom. The van der Waals surface area contributed by atoms with Gasteiger partial charge in [0.1, 0.15) is 18.2 Å². The highest BCUT2D eigenvalue weighted by molar-refractivity contribution is 5.90. The quantitative estimate of drug-likeness (QED) is 0.642. The molecule has 1 atom stereocenters. The first-order chi connectivity index (χ1) is 13.4. The standard InChI is InChI=1S/C13H12F3N5O.C2HF3O2/c14-8-2-1-3-9(4-8)21-7-18-11(20-21)12(22)19-10-5-17-6-13(10,15)16;3-2(4,5)1(6)7/h1-4,7,10,17H,5-6H2,(H,19,22);(H,6,7). The summed E-state index contributed by atoms with van der Waals surface area (Å²) in [6.45, 7) is -0.507. The van der Waals surface area contributed by atoms with Gasteiger partial charge in [0, 0.05) is 6.54 Å². The Balaban J connectivity index is 0.000000370. The first-order valence-corrected chi connectivity index (χ1v) is 7.77. The number of carboxylic acid groups (broad SMARTS) is 1. The minimum Gasteiger partial charge on any atom is -0.475 e. The van der Waals surface area contributed by atoms with Gasteiger partial charge in [0.05, 0.1) is 12.2 Å². The summed E-state index contributed by atoms with van der Waals surface area (Å²) in [6, 6.07) is 4.24. The predicted molar refractivity (Wildman–Crippen MR) is 84.1 cm³/mol. The number of hydrogen-bond acceptors (Lipinski definition) is 5. The number of hydrogen-bond donors (Lipinski definition) is 3. The maximum atomic E-state index is 13.4. The van der Waals surface area contributed by atoms with Crippen molar-refractivity contribution in [2.75, 3.05) is 13.1 Å². The zero-order chi connectivity index (χ0) is 21.8. The van der Waals surface area contributed by atoms with Crippen molar-refractivity contribution in [2.24, 2.45) is 0 Å². The molecule has 14 heteroatoms. The summed E-state index contributed by atoms with van der Waals surface area (Å²) in [5, 5.41) is 15.7. The van der Waals surface area contributed by atoms with E-state index in [1.807, 2.05) is 0 Å². The topological polar surface area (TPSA) is 109 Å². The third-order valence-electron chi connectivity index (χ3n) is 3.53. The molecule has 1 fully saturated rings. The molecule has 0 radical (unpaired) electrons. The minimum atomic E-state index is -5.08. The average Bonchev–Trinajstić information content (AvgIpc) is 3.22. The molecule has 1 aromatic carbocycles. The molecule has 29 heavy (non-hydrogen) atoms. The average molecular weight is 425 g/mol. The molecule has 3 rings (SSSR count). The van der Waals surface area contributed by atoms with Crippen LogP contribution in [0.25, 0.3) is 5.69 Å².